The van der Waals surface area contributed by atoms with Crippen LogP contribution in [-0.2, 0) is 4.79 Å². The molecule has 0 unspecified atom stereocenters. The summed E-state index contributed by atoms with van der Waals surface area (Å²) >= 11 is 3.12. The molecule has 102 valence electrons. The maximum Gasteiger partial charge on any atom is 0.230 e. The van der Waals surface area contributed by atoms with Crippen LogP contribution in [0, 0.1) is 0 Å². The number of benzene rings is 1. The van der Waals surface area contributed by atoms with Gasteiger partial charge in [-0.3, -0.25) is 4.79 Å². The van der Waals surface area contributed by atoms with Crippen LogP contribution < -0.4 is 11.1 Å². The van der Waals surface area contributed by atoms with E-state index in [9.17, 15) is 4.79 Å². The van der Waals surface area contributed by atoms with Crippen LogP contribution in [0.5, 0.6) is 0 Å². The predicted octanol–water partition coefficient (Wildman–Crippen LogP) is 2.24. The van der Waals surface area contributed by atoms with E-state index in [1.165, 1.54) is 11.8 Å². The number of nitrogens with one attached hydrogen (secondary N) is 1. The first-order valence-corrected chi connectivity index (χ1v) is 8.05. The molecule has 0 aliphatic carbocycles. The highest BCUT2D eigenvalue weighted by atomic mass is 32.2. The standard InChI is InChI=1S/C13H17N3OS2/c14-7-3-4-8-15-12(17)9-18-13-16-10-5-1-2-6-11(10)19-13/h1-2,5-6H,3-4,7-9,14H2,(H,15,17). The van der Waals surface area contributed by atoms with E-state index in [2.05, 4.69) is 10.3 Å². The lowest BCUT2D eigenvalue weighted by molar-refractivity contribution is -0.118. The number of para-hydroxylation sites is 1. The van der Waals surface area contributed by atoms with Gasteiger partial charge in [-0.2, -0.15) is 0 Å². The molecule has 0 aliphatic rings. The largest absolute Gasteiger partial charge is 0.355 e. The van der Waals surface area contributed by atoms with E-state index in [0.29, 0.717) is 18.8 Å². The zero-order valence-electron chi connectivity index (χ0n) is 10.6. The fourth-order valence-corrected chi connectivity index (χ4v) is 3.49. The fourth-order valence-electron chi connectivity index (χ4n) is 1.59. The summed E-state index contributed by atoms with van der Waals surface area (Å²) in [5.41, 5.74) is 6.39. The Morgan fingerprint density at radius 3 is 3.00 bits per heavy atom. The lowest BCUT2D eigenvalue weighted by Gasteiger charge is -2.02. The van der Waals surface area contributed by atoms with Gasteiger partial charge < -0.3 is 11.1 Å². The minimum atomic E-state index is 0.0567. The van der Waals surface area contributed by atoms with Crippen LogP contribution in [0.4, 0.5) is 0 Å². The minimum absolute atomic E-state index is 0.0567. The molecule has 1 amide bonds. The Kier molecular flexibility index (Phi) is 5.62. The van der Waals surface area contributed by atoms with Crippen LogP contribution in [0.2, 0.25) is 0 Å². The van der Waals surface area contributed by atoms with E-state index < -0.39 is 0 Å². The number of nitrogens with zero attached hydrogens (tertiary/aromatic N) is 1. The SMILES string of the molecule is NCCCCNC(=O)CSc1nc2ccccc2s1. The molecular weight excluding hydrogens is 278 g/mol. The average molecular weight is 295 g/mol. The lowest BCUT2D eigenvalue weighted by Crippen LogP contribution is -2.26. The summed E-state index contributed by atoms with van der Waals surface area (Å²) in [4.78, 5) is 16.1. The van der Waals surface area contributed by atoms with E-state index in [4.69, 9.17) is 5.73 Å². The summed E-state index contributed by atoms with van der Waals surface area (Å²) in [6.45, 7) is 1.38. The van der Waals surface area contributed by atoms with Crippen LogP contribution >= 0.6 is 23.1 Å². The fraction of sp³-hybridized carbons (Fsp3) is 0.385. The summed E-state index contributed by atoms with van der Waals surface area (Å²) < 4.78 is 2.10. The maximum atomic E-state index is 11.6. The zero-order valence-corrected chi connectivity index (χ0v) is 12.2. The summed E-state index contributed by atoms with van der Waals surface area (Å²) in [7, 11) is 0. The molecule has 2 aromatic rings. The number of carbonyl (C=O) groups excluding carboxylic acids is 1. The Balaban J connectivity index is 1.77. The molecule has 1 heterocycles. The van der Waals surface area contributed by atoms with Crippen molar-refractivity contribution >= 4 is 39.2 Å². The van der Waals surface area contributed by atoms with Crippen molar-refractivity contribution < 1.29 is 4.79 Å². The first-order valence-electron chi connectivity index (χ1n) is 6.25. The number of thioether (sulfide) groups is 1. The molecule has 3 N–H and O–H groups in total. The maximum absolute atomic E-state index is 11.6. The highest BCUT2D eigenvalue weighted by molar-refractivity contribution is 8.01. The van der Waals surface area contributed by atoms with Gasteiger partial charge >= 0.3 is 0 Å². The van der Waals surface area contributed by atoms with Gasteiger partial charge in [0.1, 0.15) is 0 Å². The van der Waals surface area contributed by atoms with Crippen molar-refractivity contribution in [2.45, 2.75) is 17.2 Å². The molecule has 19 heavy (non-hydrogen) atoms. The number of hydrogen-bond donors (Lipinski definition) is 2. The highest BCUT2D eigenvalue weighted by Crippen LogP contribution is 2.28. The molecule has 0 saturated heterocycles. The number of aromatic nitrogens is 1. The van der Waals surface area contributed by atoms with Crippen molar-refractivity contribution in [2.75, 3.05) is 18.8 Å². The van der Waals surface area contributed by atoms with Crippen molar-refractivity contribution in [2.24, 2.45) is 5.73 Å². The molecule has 0 aliphatic heterocycles. The molecule has 2 rings (SSSR count). The van der Waals surface area contributed by atoms with Gasteiger partial charge in [-0.15, -0.1) is 11.3 Å². The van der Waals surface area contributed by atoms with Gasteiger partial charge in [0, 0.05) is 6.54 Å². The number of hydrogen-bond acceptors (Lipinski definition) is 5. The van der Waals surface area contributed by atoms with Gasteiger partial charge in [-0.25, -0.2) is 4.98 Å². The molecule has 0 spiro atoms. The van der Waals surface area contributed by atoms with Crippen LogP contribution in [0.25, 0.3) is 10.2 Å². The number of amides is 1. The van der Waals surface area contributed by atoms with E-state index in [-0.39, 0.29) is 5.91 Å². The van der Waals surface area contributed by atoms with Gasteiger partial charge in [-0.05, 0) is 31.5 Å². The van der Waals surface area contributed by atoms with Crippen molar-refractivity contribution in [3.63, 3.8) is 0 Å². The number of fused-ring (bicyclic) bond motifs is 1. The minimum Gasteiger partial charge on any atom is -0.355 e. The van der Waals surface area contributed by atoms with Crippen molar-refractivity contribution in [1.82, 2.24) is 10.3 Å². The third-order valence-electron chi connectivity index (χ3n) is 2.55. The second-order valence-electron chi connectivity index (χ2n) is 4.08. The first kappa shape index (κ1) is 14.3. The van der Waals surface area contributed by atoms with Gasteiger partial charge in [0.05, 0.1) is 16.0 Å². The molecule has 4 nitrogen and oxygen atoms in total. The first-order chi connectivity index (χ1) is 9.29. The molecule has 0 saturated carbocycles. The van der Waals surface area contributed by atoms with Gasteiger partial charge in [0.25, 0.3) is 0 Å². The van der Waals surface area contributed by atoms with Crippen molar-refractivity contribution in [3.05, 3.63) is 24.3 Å². The number of rotatable bonds is 7. The third-order valence-corrected chi connectivity index (χ3v) is 4.73. The number of nitrogens with two attached hydrogens (primary N) is 1. The van der Waals surface area contributed by atoms with Crippen molar-refractivity contribution in [3.8, 4) is 0 Å². The number of unbranched alkanes of at least 4 members (excludes halogenated alkanes) is 1. The molecule has 1 aromatic heterocycles. The second kappa shape index (κ2) is 7.47. The summed E-state index contributed by atoms with van der Waals surface area (Å²) in [6, 6.07) is 8.01. The van der Waals surface area contributed by atoms with Crippen LogP contribution in [0.15, 0.2) is 28.6 Å². The molecule has 0 fully saturated rings. The molecule has 0 bridgehead atoms. The predicted molar refractivity (Wildman–Crippen MR) is 81.6 cm³/mol. The van der Waals surface area contributed by atoms with E-state index >= 15 is 0 Å². The van der Waals surface area contributed by atoms with Crippen LogP contribution in [-0.4, -0.2) is 29.7 Å². The average Bonchev–Trinajstić information content (AvgIpc) is 2.84. The lowest BCUT2D eigenvalue weighted by atomic mass is 10.3. The number of carbonyl (C=O) groups is 1. The normalized spacial score (nSPS) is 10.8. The molecule has 1 aromatic carbocycles. The highest BCUT2D eigenvalue weighted by Gasteiger charge is 2.06. The topological polar surface area (TPSA) is 68.0 Å². The zero-order chi connectivity index (χ0) is 13.5. The summed E-state index contributed by atoms with van der Waals surface area (Å²) in [5.74, 6) is 0.476. The van der Waals surface area contributed by atoms with Crippen molar-refractivity contribution in [1.29, 1.82) is 0 Å². The summed E-state index contributed by atoms with van der Waals surface area (Å²) in [6.07, 6.45) is 1.89. The molecule has 6 heteroatoms. The second-order valence-corrected chi connectivity index (χ2v) is 6.34. The Morgan fingerprint density at radius 1 is 1.37 bits per heavy atom. The number of thiazole rings is 1. The molecular formula is C13H17N3OS2. The third kappa shape index (κ3) is 4.49. The van der Waals surface area contributed by atoms with Gasteiger partial charge in [-0.1, -0.05) is 23.9 Å². The van der Waals surface area contributed by atoms with Crippen LogP contribution in [0.3, 0.4) is 0 Å². The molecule has 0 atom stereocenters. The van der Waals surface area contributed by atoms with E-state index in [1.807, 2.05) is 24.3 Å². The monoisotopic (exact) mass is 295 g/mol. The Bertz CT molecular complexity index is 508. The Labute approximate surface area is 120 Å². The van der Waals surface area contributed by atoms with Gasteiger partial charge in [0.15, 0.2) is 4.34 Å². The van der Waals surface area contributed by atoms with E-state index in [0.717, 1.165) is 27.4 Å². The Hall–Kier alpha value is -1.11. The quantitative estimate of drug-likeness (QED) is 0.607. The van der Waals surface area contributed by atoms with E-state index in [1.54, 1.807) is 11.3 Å². The molecule has 0 radical (unpaired) electrons. The van der Waals surface area contributed by atoms with Crippen LogP contribution in [0.1, 0.15) is 12.8 Å². The summed E-state index contributed by atoms with van der Waals surface area (Å²) in [5, 5.41) is 2.88. The Morgan fingerprint density at radius 2 is 2.21 bits per heavy atom. The smallest absolute Gasteiger partial charge is 0.230 e. The van der Waals surface area contributed by atoms with Gasteiger partial charge in [0.2, 0.25) is 5.91 Å².